The van der Waals surface area contributed by atoms with Gasteiger partial charge in [-0.3, -0.25) is 4.79 Å². The van der Waals surface area contributed by atoms with Crippen LogP contribution in [0.15, 0.2) is 54.6 Å². The Bertz CT molecular complexity index is 806. The highest BCUT2D eigenvalue weighted by molar-refractivity contribution is 5.98. The second-order valence-electron chi connectivity index (χ2n) is 6.39. The Morgan fingerprint density at radius 1 is 0.963 bits per heavy atom. The van der Waals surface area contributed by atoms with Gasteiger partial charge in [0, 0.05) is 23.7 Å². The molecule has 0 saturated carbocycles. The Morgan fingerprint density at radius 2 is 1.67 bits per heavy atom. The van der Waals surface area contributed by atoms with E-state index in [0.29, 0.717) is 5.69 Å². The molecule has 0 aliphatic heterocycles. The third-order valence-corrected chi connectivity index (χ3v) is 3.69. The first-order chi connectivity index (χ1) is 12.8. The molecule has 2 aromatic rings. The number of anilines is 1. The number of aliphatic carboxylic acids is 1. The van der Waals surface area contributed by atoms with E-state index in [1.54, 1.807) is 30.3 Å². The molecule has 142 valence electrons. The van der Waals surface area contributed by atoms with E-state index in [1.807, 2.05) is 32.0 Å². The summed E-state index contributed by atoms with van der Waals surface area (Å²) in [5.41, 5.74) is 1.51. The van der Waals surface area contributed by atoms with E-state index in [4.69, 9.17) is 0 Å². The monoisotopic (exact) mass is 369 g/mol. The predicted octanol–water partition coefficient (Wildman–Crippen LogP) is 2.64. The highest BCUT2D eigenvalue weighted by Crippen LogP contribution is 2.12. The van der Waals surface area contributed by atoms with Crippen LogP contribution in [0.3, 0.4) is 0 Å². The summed E-state index contributed by atoms with van der Waals surface area (Å²) >= 11 is 0. The third kappa shape index (κ3) is 6.47. The lowest BCUT2D eigenvalue weighted by atomic mass is 10.1. The number of nitrogens with one attached hydrogen (secondary N) is 3. The van der Waals surface area contributed by atoms with Gasteiger partial charge in [0.1, 0.15) is 6.04 Å². The summed E-state index contributed by atoms with van der Waals surface area (Å²) in [5.74, 6) is -1.64. The van der Waals surface area contributed by atoms with Crippen molar-refractivity contribution in [2.75, 3.05) is 5.32 Å². The maximum atomic E-state index is 12.5. The molecule has 7 nitrogen and oxygen atoms in total. The summed E-state index contributed by atoms with van der Waals surface area (Å²) in [7, 11) is 0. The van der Waals surface area contributed by atoms with Crippen LogP contribution in [0.4, 0.5) is 10.5 Å². The molecule has 0 fully saturated rings. The van der Waals surface area contributed by atoms with Crippen molar-refractivity contribution in [3.8, 4) is 0 Å². The van der Waals surface area contributed by atoms with Gasteiger partial charge in [0.15, 0.2) is 0 Å². The standard InChI is InChI=1S/C20H23N3O4/c1-13(2)21-20(27)22-16-10-6-9-15(12-16)18(24)23-17(19(25)26)11-14-7-4-3-5-8-14/h3-10,12-13,17H,11H2,1-2H3,(H,23,24)(H,25,26)(H2,21,22,27)/t17-/m1/s1. The molecule has 3 amide bonds. The number of hydrogen-bond donors (Lipinski definition) is 4. The van der Waals surface area contributed by atoms with Crippen molar-refractivity contribution >= 4 is 23.6 Å². The average Bonchev–Trinajstić information content (AvgIpc) is 2.61. The number of amides is 3. The van der Waals surface area contributed by atoms with E-state index >= 15 is 0 Å². The third-order valence-electron chi connectivity index (χ3n) is 3.69. The first-order valence-electron chi connectivity index (χ1n) is 8.60. The first kappa shape index (κ1) is 20.0. The van der Waals surface area contributed by atoms with Crippen molar-refractivity contribution in [3.05, 3.63) is 65.7 Å². The van der Waals surface area contributed by atoms with Crippen molar-refractivity contribution in [1.29, 1.82) is 0 Å². The summed E-state index contributed by atoms with van der Waals surface area (Å²) in [4.78, 5) is 35.7. The molecule has 0 bridgehead atoms. The molecule has 0 aliphatic rings. The molecular weight excluding hydrogens is 346 g/mol. The number of hydrogen-bond acceptors (Lipinski definition) is 3. The predicted molar refractivity (Wildman–Crippen MR) is 103 cm³/mol. The molecular formula is C20H23N3O4. The molecule has 0 saturated heterocycles. The number of urea groups is 1. The number of carboxylic acid groups (broad SMARTS) is 1. The van der Waals surface area contributed by atoms with Crippen LogP contribution in [0.2, 0.25) is 0 Å². The topological polar surface area (TPSA) is 108 Å². The smallest absolute Gasteiger partial charge is 0.326 e. The van der Waals surface area contributed by atoms with Gasteiger partial charge in [-0.05, 0) is 37.6 Å². The Balaban J connectivity index is 2.06. The summed E-state index contributed by atoms with van der Waals surface area (Å²) in [6, 6.07) is 13.9. The van der Waals surface area contributed by atoms with E-state index in [-0.39, 0.29) is 24.1 Å². The molecule has 27 heavy (non-hydrogen) atoms. The Hall–Kier alpha value is -3.35. The lowest BCUT2D eigenvalue weighted by molar-refractivity contribution is -0.139. The van der Waals surface area contributed by atoms with Gasteiger partial charge < -0.3 is 21.1 Å². The molecule has 4 N–H and O–H groups in total. The van der Waals surface area contributed by atoms with Crippen LogP contribution >= 0.6 is 0 Å². The average molecular weight is 369 g/mol. The van der Waals surface area contributed by atoms with Crippen molar-refractivity contribution in [2.45, 2.75) is 32.4 Å². The molecule has 0 heterocycles. The van der Waals surface area contributed by atoms with Crippen molar-refractivity contribution in [3.63, 3.8) is 0 Å². The minimum absolute atomic E-state index is 0.0224. The molecule has 0 spiro atoms. The van der Waals surface area contributed by atoms with Crippen LogP contribution < -0.4 is 16.0 Å². The quantitative estimate of drug-likeness (QED) is 0.602. The lowest BCUT2D eigenvalue weighted by Crippen LogP contribution is -2.42. The second kappa shape index (κ2) is 9.38. The Kier molecular flexibility index (Phi) is 6.93. The summed E-state index contributed by atoms with van der Waals surface area (Å²) in [5, 5.41) is 17.3. The maximum Gasteiger partial charge on any atom is 0.326 e. The fourth-order valence-electron chi connectivity index (χ4n) is 2.46. The zero-order valence-corrected chi connectivity index (χ0v) is 15.2. The Labute approximate surface area is 157 Å². The zero-order chi connectivity index (χ0) is 19.8. The van der Waals surface area contributed by atoms with Crippen LogP contribution in [0, 0.1) is 0 Å². The van der Waals surface area contributed by atoms with Gasteiger partial charge >= 0.3 is 12.0 Å². The van der Waals surface area contributed by atoms with Gasteiger partial charge in [0.2, 0.25) is 0 Å². The molecule has 0 radical (unpaired) electrons. The minimum Gasteiger partial charge on any atom is -0.480 e. The summed E-state index contributed by atoms with van der Waals surface area (Å²) in [6.45, 7) is 3.67. The van der Waals surface area contributed by atoms with Gasteiger partial charge in [-0.25, -0.2) is 9.59 Å². The van der Waals surface area contributed by atoms with E-state index < -0.39 is 17.9 Å². The molecule has 1 atom stereocenters. The molecule has 2 aromatic carbocycles. The number of benzene rings is 2. The minimum atomic E-state index is -1.11. The van der Waals surface area contributed by atoms with E-state index in [9.17, 15) is 19.5 Å². The maximum absolute atomic E-state index is 12.5. The van der Waals surface area contributed by atoms with Crippen LogP contribution in [-0.4, -0.2) is 35.1 Å². The SMILES string of the molecule is CC(C)NC(=O)Nc1cccc(C(=O)N[C@H](Cc2ccccc2)C(=O)O)c1. The second-order valence-corrected chi connectivity index (χ2v) is 6.39. The van der Waals surface area contributed by atoms with E-state index in [1.165, 1.54) is 6.07 Å². The number of rotatable bonds is 7. The van der Waals surface area contributed by atoms with Gasteiger partial charge in [0.25, 0.3) is 5.91 Å². The van der Waals surface area contributed by atoms with Gasteiger partial charge in [-0.1, -0.05) is 36.4 Å². The number of carbonyl (C=O) groups excluding carboxylic acids is 2. The van der Waals surface area contributed by atoms with Gasteiger partial charge in [0.05, 0.1) is 0 Å². The lowest BCUT2D eigenvalue weighted by Gasteiger charge is -2.15. The van der Waals surface area contributed by atoms with Crippen molar-refractivity contribution in [2.24, 2.45) is 0 Å². The van der Waals surface area contributed by atoms with Crippen LogP contribution in [0.1, 0.15) is 29.8 Å². The van der Waals surface area contributed by atoms with E-state index in [2.05, 4.69) is 16.0 Å². The Morgan fingerprint density at radius 3 is 2.30 bits per heavy atom. The highest BCUT2D eigenvalue weighted by atomic mass is 16.4. The van der Waals surface area contributed by atoms with Crippen LogP contribution in [-0.2, 0) is 11.2 Å². The zero-order valence-electron chi connectivity index (χ0n) is 15.2. The number of carbonyl (C=O) groups is 3. The molecule has 2 rings (SSSR count). The largest absolute Gasteiger partial charge is 0.480 e. The van der Waals surface area contributed by atoms with Crippen molar-refractivity contribution in [1.82, 2.24) is 10.6 Å². The van der Waals surface area contributed by atoms with Crippen LogP contribution in [0.5, 0.6) is 0 Å². The van der Waals surface area contributed by atoms with E-state index in [0.717, 1.165) is 5.56 Å². The van der Waals surface area contributed by atoms with Gasteiger partial charge in [-0.15, -0.1) is 0 Å². The van der Waals surface area contributed by atoms with Gasteiger partial charge in [-0.2, -0.15) is 0 Å². The summed E-state index contributed by atoms with van der Waals surface area (Å²) < 4.78 is 0. The number of carboxylic acids is 1. The van der Waals surface area contributed by atoms with Crippen LogP contribution in [0.25, 0.3) is 0 Å². The molecule has 0 aromatic heterocycles. The fraction of sp³-hybridized carbons (Fsp3) is 0.250. The first-order valence-corrected chi connectivity index (χ1v) is 8.60. The molecule has 7 heteroatoms. The fourth-order valence-corrected chi connectivity index (χ4v) is 2.46. The molecule has 0 unspecified atom stereocenters. The highest BCUT2D eigenvalue weighted by Gasteiger charge is 2.21. The van der Waals surface area contributed by atoms with Crippen molar-refractivity contribution < 1.29 is 19.5 Å². The molecule has 0 aliphatic carbocycles. The normalized spacial score (nSPS) is 11.5. The summed E-state index contributed by atoms with van der Waals surface area (Å²) in [6.07, 6.45) is 0.177.